The molecule has 1 amide bonds. The molecule has 1 aromatic carbocycles. The van der Waals surface area contributed by atoms with Gasteiger partial charge >= 0.3 is 5.97 Å². The third-order valence-electron chi connectivity index (χ3n) is 2.19. The van der Waals surface area contributed by atoms with Crippen molar-refractivity contribution < 1.29 is 19.4 Å². The van der Waals surface area contributed by atoms with Gasteiger partial charge in [-0.2, -0.15) is 0 Å². The average molecular weight is 316 g/mol. The Balaban J connectivity index is 2.36. The van der Waals surface area contributed by atoms with Crippen LogP contribution in [0.15, 0.2) is 22.7 Å². The third kappa shape index (κ3) is 4.85. The van der Waals surface area contributed by atoms with Gasteiger partial charge in [-0.25, -0.2) is 4.79 Å². The molecule has 0 aliphatic rings. The normalized spacial score (nSPS) is 10.1. The van der Waals surface area contributed by atoms with Gasteiger partial charge in [-0.05, 0) is 24.6 Å². The maximum absolute atomic E-state index is 11.7. The minimum atomic E-state index is -1.02. The van der Waals surface area contributed by atoms with Gasteiger partial charge in [0.25, 0.3) is 5.91 Å². The predicted molar refractivity (Wildman–Crippen MR) is 69.7 cm³/mol. The van der Waals surface area contributed by atoms with Crippen LogP contribution in [0.4, 0.5) is 0 Å². The molecule has 0 unspecified atom stereocenters. The van der Waals surface area contributed by atoms with Gasteiger partial charge in [-0.15, -0.1) is 0 Å². The standard InChI is InChI=1S/C12H14BrNO4/c1-8-2-3-9(6-10(8)13)12(17)14-4-5-18-7-11(15)16/h2-3,6H,4-5,7H2,1H3,(H,14,17)(H,15,16). The molecular weight excluding hydrogens is 302 g/mol. The Hall–Kier alpha value is -1.40. The van der Waals surface area contributed by atoms with Crippen molar-refractivity contribution in [3.05, 3.63) is 33.8 Å². The number of hydrogen-bond donors (Lipinski definition) is 2. The summed E-state index contributed by atoms with van der Waals surface area (Å²) in [6, 6.07) is 5.32. The molecule has 98 valence electrons. The van der Waals surface area contributed by atoms with E-state index < -0.39 is 5.97 Å². The molecule has 0 saturated heterocycles. The first kappa shape index (κ1) is 14.7. The molecular formula is C12H14BrNO4. The van der Waals surface area contributed by atoms with Crippen molar-refractivity contribution in [3.8, 4) is 0 Å². The van der Waals surface area contributed by atoms with Crippen LogP contribution in [0.25, 0.3) is 0 Å². The highest BCUT2D eigenvalue weighted by molar-refractivity contribution is 9.10. The van der Waals surface area contributed by atoms with E-state index in [0.717, 1.165) is 10.0 Å². The summed E-state index contributed by atoms with van der Waals surface area (Å²) in [6.45, 7) is 2.03. The molecule has 6 heteroatoms. The maximum atomic E-state index is 11.7. The zero-order valence-electron chi connectivity index (χ0n) is 9.90. The zero-order chi connectivity index (χ0) is 13.5. The van der Waals surface area contributed by atoms with Crippen molar-refractivity contribution in [2.24, 2.45) is 0 Å². The summed E-state index contributed by atoms with van der Waals surface area (Å²) in [7, 11) is 0. The number of halogens is 1. The van der Waals surface area contributed by atoms with E-state index >= 15 is 0 Å². The molecule has 0 aromatic heterocycles. The molecule has 0 spiro atoms. The van der Waals surface area contributed by atoms with Crippen LogP contribution in [0.3, 0.4) is 0 Å². The molecule has 0 saturated carbocycles. The van der Waals surface area contributed by atoms with Crippen LogP contribution in [0.2, 0.25) is 0 Å². The van der Waals surface area contributed by atoms with Crippen molar-refractivity contribution in [1.29, 1.82) is 0 Å². The first-order valence-corrected chi connectivity index (χ1v) is 6.14. The first-order chi connectivity index (χ1) is 8.50. The minimum Gasteiger partial charge on any atom is -0.480 e. The van der Waals surface area contributed by atoms with E-state index in [2.05, 4.69) is 21.2 Å². The molecule has 0 aliphatic carbocycles. The van der Waals surface area contributed by atoms with E-state index in [-0.39, 0.29) is 25.7 Å². The molecule has 5 nitrogen and oxygen atoms in total. The lowest BCUT2D eigenvalue weighted by Crippen LogP contribution is -2.27. The second kappa shape index (κ2) is 7.13. The van der Waals surface area contributed by atoms with Gasteiger partial charge in [-0.1, -0.05) is 22.0 Å². The zero-order valence-corrected chi connectivity index (χ0v) is 11.5. The highest BCUT2D eigenvalue weighted by atomic mass is 79.9. The third-order valence-corrected chi connectivity index (χ3v) is 3.05. The summed E-state index contributed by atoms with van der Waals surface area (Å²) in [5, 5.41) is 11.0. The van der Waals surface area contributed by atoms with Gasteiger partial charge < -0.3 is 15.2 Å². The smallest absolute Gasteiger partial charge is 0.329 e. The quantitative estimate of drug-likeness (QED) is 0.782. The molecule has 0 radical (unpaired) electrons. The Labute approximate surface area is 113 Å². The summed E-state index contributed by atoms with van der Waals surface area (Å²) < 4.78 is 5.67. The molecule has 2 N–H and O–H groups in total. The number of carbonyl (C=O) groups is 2. The molecule has 18 heavy (non-hydrogen) atoms. The van der Waals surface area contributed by atoms with Crippen molar-refractivity contribution in [2.75, 3.05) is 19.8 Å². The van der Waals surface area contributed by atoms with E-state index in [1.807, 2.05) is 13.0 Å². The van der Waals surface area contributed by atoms with Crippen LogP contribution in [0.1, 0.15) is 15.9 Å². The van der Waals surface area contributed by atoms with Gasteiger partial charge in [0.05, 0.1) is 6.61 Å². The molecule has 0 fully saturated rings. The molecule has 0 heterocycles. The van der Waals surface area contributed by atoms with Crippen LogP contribution >= 0.6 is 15.9 Å². The van der Waals surface area contributed by atoms with E-state index in [0.29, 0.717) is 5.56 Å². The minimum absolute atomic E-state index is 0.172. The summed E-state index contributed by atoms with van der Waals surface area (Å²) in [5.41, 5.74) is 1.60. The molecule has 1 rings (SSSR count). The number of hydrogen-bond acceptors (Lipinski definition) is 3. The van der Waals surface area contributed by atoms with E-state index in [1.54, 1.807) is 12.1 Å². The van der Waals surface area contributed by atoms with Gasteiger partial charge in [0.15, 0.2) is 0 Å². The number of aliphatic carboxylic acids is 1. The maximum Gasteiger partial charge on any atom is 0.329 e. The summed E-state index contributed by atoms with van der Waals surface area (Å²) in [5.74, 6) is -1.24. The van der Waals surface area contributed by atoms with Gasteiger partial charge in [-0.3, -0.25) is 4.79 Å². The van der Waals surface area contributed by atoms with Crippen molar-refractivity contribution in [2.45, 2.75) is 6.92 Å². The van der Waals surface area contributed by atoms with Crippen LogP contribution in [0, 0.1) is 6.92 Å². The van der Waals surface area contributed by atoms with Gasteiger partial charge in [0.2, 0.25) is 0 Å². The Bertz CT molecular complexity index is 448. The van der Waals surface area contributed by atoms with Crippen LogP contribution in [-0.4, -0.2) is 36.7 Å². The number of carboxylic acids is 1. The van der Waals surface area contributed by atoms with E-state index in [1.165, 1.54) is 0 Å². The monoisotopic (exact) mass is 315 g/mol. The molecule has 0 bridgehead atoms. The average Bonchev–Trinajstić information content (AvgIpc) is 2.31. The van der Waals surface area contributed by atoms with Crippen molar-refractivity contribution in [3.63, 3.8) is 0 Å². The Morgan fingerprint density at radius 3 is 2.78 bits per heavy atom. The van der Waals surface area contributed by atoms with Crippen LogP contribution < -0.4 is 5.32 Å². The highest BCUT2D eigenvalue weighted by Gasteiger charge is 2.06. The number of carboxylic acid groups (broad SMARTS) is 1. The number of ether oxygens (including phenoxy) is 1. The summed E-state index contributed by atoms with van der Waals surface area (Å²) >= 11 is 3.35. The first-order valence-electron chi connectivity index (χ1n) is 5.34. The largest absolute Gasteiger partial charge is 0.480 e. The Morgan fingerprint density at radius 1 is 1.44 bits per heavy atom. The van der Waals surface area contributed by atoms with Crippen LogP contribution in [-0.2, 0) is 9.53 Å². The second-order valence-electron chi connectivity index (χ2n) is 3.67. The van der Waals surface area contributed by atoms with Crippen molar-refractivity contribution in [1.82, 2.24) is 5.32 Å². The summed E-state index contributed by atoms with van der Waals surface area (Å²) in [6.07, 6.45) is 0. The number of rotatable bonds is 6. The van der Waals surface area contributed by atoms with Crippen molar-refractivity contribution >= 4 is 27.8 Å². The fraction of sp³-hybridized carbons (Fsp3) is 0.333. The fourth-order valence-electron chi connectivity index (χ4n) is 1.23. The fourth-order valence-corrected chi connectivity index (χ4v) is 1.61. The Kier molecular flexibility index (Phi) is 5.80. The highest BCUT2D eigenvalue weighted by Crippen LogP contribution is 2.17. The van der Waals surface area contributed by atoms with E-state index in [9.17, 15) is 9.59 Å². The lowest BCUT2D eigenvalue weighted by molar-refractivity contribution is -0.142. The number of aryl methyl sites for hydroxylation is 1. The SMILES string of the molecule is Cc1ccc(C(=O)NCCOCC(=O)O)cc1Br. The van der Waals surface area contributed by atoms with E-state index in [4.69, 9.17) is 9.84 Å². The molecule has 0 aliphatic heterocycles. The lowest BCUT2D eigenvalue weighted by Gasteiger charge is -2.06. The summed E-state index contributed by atoms with van der Waals surface area (Å²) in [4.78, 5) is 21.9. The molecule has 0 atom stereocenters. The lowest BCUT2D eigenvalue weighted by atomic mass is 10.1. The number of amides is 1. The number of carbonyl (C=O) groups excluding carboxylic acids is 1. The second-order valence-corrected chi connectivity index (χ2v) is 4.52. The number of benzene rings is 1. The predicted octanol–water partition coefficient (Wildman–Crippen LogP) is 1.59. The van der Waals surface area contributed by atoms with Gasteiger partial charge in [0, 0.05) is 16.6 Å². The van der Waals surface area contributed by atoms with Gasteiger partial charge in [0.1, 0.15) is 6.61 Å². The topological polar surface area (TPSA) is 75.6 Å². The Morgan fingerprint density at radius 2 is 2.17 bits per heavy atom. The van der Waals surface area contributed by atoms with Crippen LogP contribution in [0.5, 0.6) is 0 Å². The number of nitrogens with one attached hydrogen (secondary N) is 1. The molecule has 1 aromatic rings.